The zero-order valence-corrected chi connectivity index (χ0v) is 13.8. The summed E-state index contributed by atoms with van der Waals surface area (Å²) in [6, 6.07) is 8.25. The zero-order valence-electron chi connectivity index (χ0n) is 13.8. The minimum Gasteiger partial charge on any atom is -0.344 e. The van der Waals surface area contributed by atoms with Crippen molar-refractivity contribution < 1.29 is 4.79 Å². The number of aryl methyl sites for hydroxylation is 1. The van der Waals surface area contributed by atoms with Crippen LogP contribution >= 0.6 is 0 Å². The van der Waals surface area contributed by atoms with Crippen LogP contribution in [0.4, 0.5) is 0 Å². The minimum absolute atomic E-state index is 0.577. The Kier molecular flexibility index (Phi) is 8.66. The Bertz CT molecular complexity index is 526. The molecule has 0 bridgehead atoms. The van der Waals surface area contributed by atoms with Crippen molar-refractivity contribution in [1.29, 1.82) is 0 Å². The lowest BCUT2D eigenvalue weighted by Gasteiger charge is -2.24. The van der Waals surface area contributed by atoms with Gasteiger partial charge >= 0.3 is 0 Å². The number of benzene rings is 1. The first kappa shape index (κ1) is 18.0. The molecular formula is C20H27NO. The summed E-state index contributed by atoms with van der Waals surface area (Å²) in [7, 11) is 0. The summed E-state index contributed by atoms with van der Waals surface area (Å²) >= 11 is 0. The van der Waals surface area contributed by atoms with Gasteiger partial charge in [0.15, 0.2) is 0 Å². The van der Waals surface area contributed by atoms with Gasteiger partial charge in [-0.15, -0.1) is 0 Å². The number of aldehydes is 1. The Morgan fingerprint density at radius 1 is 1.09 bits per heavy atom. The summed E-state index contributed by atoms with van der Waals surface area (Å²) in [5, 5.41) is 0. The van der Waals surface area contributed by atoms with Crippen molar-refractivity contribution in [1.82, 2.24) is 4.90 Å². The molecule has 2 rings (SSSR count). The molecule has 0 spiro atoms. The van der Waals surface area contributed by atoms with Gasteiger partial charge in [-0.05, 0) is 29.7 Å². The van der Waals surface area contributed by atoms with Crippen molar-refractivity contribution in [3.05, 3.63) is 72.1 Å². The lowest BCUT2D eigenvalue weighted by molar-refractivity contribution is -0.107. The third kappa shape index (κ3) is 6.13. The molecule has 0 radical (unpaired) electrons. The molecule has 0 N–H and O–H groups in total. The van der Waals surface area contributed by atoms with E-state index in [0.29, 0.717) is 6.42 Å². The van der Waals surface area contributed by atoms with Crippen LogP contribution in [0.2, 0.25) is 0 Å². The molecule has 0 saturated heterocycles. The second kappa shape index (κ2) is 10.6. The molecule has 1 aliphatic rings. The highest BCUT2D eigenvalue weighted by molar-refractivity contribution is 5.50. The van der Waals surface area contributed by atoms with Gasteiger partial charge in [0, 0.05) is 24.9 Å². The van der Waals surface area contributed by atoms with Crippen molar-refractivity contribution >= 4 is 6.29 Å². The van der Waals surface area contributed by atoms with Gasteiger partial charge in [-0.2, -0.15) is 0 Å². The summed E-state index contributed by atoms with van der Waals surface area (Å²) in [4.78, 5) is 12.6. The smallest absolute Gasteiger partial charge is 0.120 e. The Labute approximate surface area is 134 Å². The maximum Gasteiger partial charge on any atom is 0.120 e. The van der Waals surface area contributed by atoms with Crippen molar-refractivity contribution in [2.24, 2.45) is 0 Å². The van der Waals surface area contributed by atoms with E-state index in [1.54, 1.807) is 0 Å². The molecule has 1 aromatic rings. The van der Waals surface area contributed by atoms with Crippen molar-refractivity contribution in [2.45, 2.75) is 46.1 Å². The molecule has 0 atom stereocenters. The van der Waals surface area contributed by atoms with Crippen molar-refractivity contribution in [3.63, 3.8) is 0 Å². The highest BCUT2D eigenvalue weighted by Gasteiger charge is 2.08. The molecule has 2 nitrogen and oxygen atoms in total. The molecule has 0 fully saturated rings. The molecule has 2 heteroatoms. The van der Waals surface area contributed by atoms with Crippen LogP contribution in [0.5, 0.6) is 0 Å². The molecule has 1 aliphatic heterocycles. The lowest BCUT2D eigenvalue weighted by Crippen LogP contribution is -2.16. The van der Waals surface area contributed by atoms with Gasteiger partial charge in [-0.1, -0.05) is 63.6 Å². The molecule has 1 aromatic carbocycles. The zero-order chi connectivity index (χ0) is 16.2. The van der Waals surface area contributed by atoms with Crippen LogP contribution in [0.1, 0.15) is 44.2 Å². The third-order valence-corrected chi connectivity index (χ3v) is 3.53. The molecule has 0 unspecified atom stereocenters. The summed E-state index contributed by atoms with van der Waals surface area (Å²) in [6.45, 7) is 9.18. The molecule has 0 aliphatic carbocycles. The van der Waals surface area contributed by atoms with Gasteiger partial charge in [0.05, 0.1) is 0 Å². The highest BCUT2D eigenvalue weighted by atomic mass is 16.1. The fourth-order valence-electron chi connectivity index (χ4n) is 2.02. The van der Waals surface area contributed by atoms with Gasteiger partial charge < -0.3 is 9.69 Å². The first-order chi connectivity index (χ1) is 10.7. The molecule has 1 heterocycles. The number of allylic oxidation sites excluding steroid dienone is 3. The quantitative estimate of drug-likeness (QED) is 0.687. The van der Waals surface area contributed by atoms with E-state index in [-0.39, 0.29) is 0 Å². The normalized spacial score (nSPS) is 12.8. The van der Waals surface area contributed by atoms with Crippen molar-refractivity contribution in [2.75, 3.05) is 0 Å². The van der Waals surface area contributed by atoms with Crippen molar-refractivity contribution in [3.8, 4) is 0 Å². The number of hydrogen-bond acceptors (Lipinski definition) is 2. The van der Waals surface area contributed by atoms with Crippen LogP contribution < -0.4 is 0 Å². The Balaban J connectivity index is 0.000000541. The molecule has 22 heavy (non-hydrogen) atoms. The Hall–Kier alpha value is -2.09. The topological polar surface area (TPSA) is 20.3 Å². The Morgan fingerprint density at radius 2 is 1.77 bits per heavy atom. The van der Waals surface area contributed by atoms with E-state index >= 15 is 0 Å². The molecule has 0 saturated carbocycles. The van der Waals surface area contributed by atoms with Gasteiger partial charge in [-0.3, -0.25) is 0 Å². The predicted octanol–water partition coefficient (Wildman–Crippen LogP) is 5.02. The third-order valence-electron chi connectivity index (χ3n) is 3.53. The second-order valence-electron chi connectivity index (χ2n) is 5.29. The number of nitrogens with zero attached hydrogens (tertiary/aromatic N) is 1. The standard InChI is InChI=1S/C16H17NO.C4H10/c1-14-7-4-5-11-17(14)13-16-9-3-2-8-15(16)10-6-12-18;1-3-4-2/h2-5,7-9,11-12H,1,6,10,13H2;3-4H2,1-2H3. The number of carbonyl (C=O) groups excluding carboxylic acids is 1. The lowest BCUT2D eigenvalue weighted by atomic mass is 10.0. The van der Waals surface area contributed by atoms with E-state index in [9.17, 15) is 4.79 Å². The van der Waals surface area contributed by atoms with Crippen LogP contribution in [0.25, 0.3) is 0 Å². The number of rotatable bonds is 6. The SMILES string of the molecule is C=C1C=CC=CN1Cc1ccccc1CCC=O.CCCC. The predicted molar refractivity (Wildman–Crippen MR) is 94.4 cm³/mol. The molecule has 0 aromatic heterocycles. The van der Waals surface area contributed by atoms with E-state index < -0.39 is 0 Å². The maximum atomic E-state index is 10.5. The van der Waals surface area contributed by atoms with Crippen LogP contribution in [-0.4, -0.2) is 11.2 Å². The van der Waals surface area contributed by atoms with Gasteiger partial charge in [-0.25, -0.2) is 0 Å². The minimum atomic E-state index is 0.577. The van der Waals surface area contributed by atoms with E-state index in [4.69, 9.17) is 0 Å². The summed E-state index contributed by atoms with van der Waals surface area (Å²) in [5.41, 5.74) is 3.48. The largest absolute Gasteiger partial charge is 0.344 e. The summed E-state index contributed by atoms with van der Waals surface area (Å²) in [6.07, 6.45) is 13.0. The van der Waals surface area contributed by atoms with Crippen LogP contribution in [0.3, 0.4) is 0 Å². The number of unbranched alkanes of at least 4 members (excludes halogenated alkanes) is 1. The van der Waals surface area contributed by atoms with Gasteiger partial charge in [0.2, 0.25) is 0 Å². The molecule has 118 valence electrons. The first-order valence-corrected chi connectivity index (χ1v) is 8.03. The molecule has 0 amide bonds. The van der Waals surface area contributed by atoms with Gasteiger partial charge in [0.25, 0.3) is 0 Å². The van der Waals surface area contributed by atoms with Gasteiger partial charge in [0.1, 0.15) is 6.29 Å². The first-order valence-electron chi connectivity index (χ1n) is 8.03. The summed E-state index contributed by atoms with van der Waals surface area (Å²) < 4.78 is 0. The monoisotopic (exact) mass is 297 g/mol. The average Bonchev–Trinajstić information content (AvgIpc) is 2.56. The summed E-state index contributed by atoms with van der Waals surface area (Å²) in [5.74, 6) is 0. The second-order valence-corrected chi connectivity index (χ2v) is 5.29. The maximum absolute atomic E-state index is 10.5. The van der Waals surface area contributed by atoms with E-state index in [1.165, 1.54) is 24.0 Å². The average molecular weight is 297 g/mol. The van der Waals surface area contributed by atoms with E-state index in [2.05, 4.69) is 37.5 Å². The van der Waals surface area contributed by atoms with Crippen LogP contribution in [0.15, 0.2) is 61.0 Å². The van der Waals surface area contributed by atoms with Crippen LogP contribution in [0, 0.1) is 0 Å². The fourth-order valence-corrected chi connectivity index (χ4v) is 2.02. The highest BCUT2D eigenvalue weighted by Crippen LogP contribution is 2.18. The molecular weight excluding hydrogens is 270 g/mol. The fraction of sp³-hybridized carbons (Fsp3) is 0.350. The van der Waals surface area contributed by atoms with E-state index in [0.717, 1.165) is 24.9 Å². The number of carbonyl (C=O) groups is 1. The van der Waals surface area contributed by atoms with Crippen LogP contribution in [-0.2, 0) is 17.8 Å². The van der Waals surface area contributed by atoms with E-state index in [1.807, 2.05) is 36.6 Å². The Morgan fingerprint density at radius 3 is 2.36 bits per heavy atom. The number of hydrogen-bond donors (Lipinski definition) is 0.